The molecule has 0 aliphatic heterocycles. The minimum Gasteiger partial charge on any atom is -0.303 e. The van der Waals surface area contributed by atoms with Crippen LogP contribution in [-0.4, -0.2) is 30.8 Å². The standard InChI is InChI=1S/C16H21NO/c1-3-11-17(2)12-10-14-9-8-13-6-4-5-7-15(13)16(14)18/h3-7,14H,1,8-12H2,2H3. The Morgan fingerprint density at radius 2 is 2.22 bits per heavy atom. The monoisotopic (exact) mass is 243 g/mol. The first-order valence-electron chi connectivity index (χ1n) is 6.64. The number of aryl methyl sites for hydroxylation is 1. The van der Waals surface area contributed by atoms with Crippen LogP contribution in [0.1, 0.15) is 28.8 Å². The Hall–Kier alpha value is -1.41. The highest BCUT2D eigenvalue weighted by Crippen LogP contribution is 2.27. The van der Waals surface area contributed by atoms with Gasteiger partial charge in [0.1, 0.15) is 0 Å². The molecule has 0 spiro atoms. The van der Waals surface area contributed by atoms with E-state index in [1.54, 1.807) is 0 Å². The van der Waals surface area contributed by atoms with Gasteiger partial charge in [-0.15, -0.1) is 6.58 Å². The van der Waals surface area contributed by atoms with Crippen LogP contribution in [0, 0.1) is 5.92 Å². The van der Waals surface area contributed by atoms with Crippen molar-refractivity contribution in [1.82, 2.24) is 4.90 Å². The van der Waals surface area contributed by atoms with E-state index in [1.165, 1.54) is 5.56 Å². The van der Waals surface area contributed by atoms with Gasteiger partial charge >= 0.3 is 0 Å². The van der Waals surface area contributed by atoms with Crippen LogP contribution in [-0.2, 0) is 6.42 Å². The van der Waals surface area contributed by atoms with Crippen LogP contribution < -0.4 is 0 Å². The molecular weight excluding hydrogens is 222 g/mol. The molecule has 2 nitrogen and oxygen atoms in total. The molecule has 96 valence electrons. The van der Waals surface area contributed by atoms with E-state index in [9.17, 15) is 4.79 Å². The van der Waals surface area contributed by atoms with E-state index in [0.29, 0.717) is 5.78 Å². The summed E-state index contributed by atoms with van der Waals surface area (Å²) >= 11 is 0. The molecule has 0 amide bonds. The van der Waals surface area contributed by atoms with Crippen LogP contribution >= 0.6 is 0 Å². The van der Waals surface area contributed by atoms with Crippen LogP contribution in [0.4, 0.5) is 0 Å². The fourth-order valence-corrected chi connectivity index (χ4v) is 2.62. The van der Waals surface area contributed by atoms with Crippen molar-refractivity contribution in [1.29, 1.82) is 0 Å². The molecule has 1 atom stereocenters. The number of benzene rings is 1. The van der Waals surface area contributed by atoms with Gasteiger partial charge in [-0.25, -0.2) is 0 Å². The van der Waals surface area contributed by atoms with E-state index < -0.39 is 0 Å². The summed E-state index contributed by atoms with van der Waals surface area (Å²) < 4.78 is 0. The first-order chi connectivity index (χ1) is 8.72. The maximum absolute atomic E-state index is 12.3. The summed E-state index contributed by atoms with van der Waals surface area (Å²) in [5.74, 6) is 0.538. The first-order valence-corrected chi connectivity index (χ1v) is 6.64. The lowest BCUT2D eigenvalue weighted by Gasteiger charge is -2.25. The predicted octanol–water partition coefficient (Wildman–Crippen LogP) is 2.94. The fourth-order valence-electron chi connectivity index (χ4n) is 2.62. The van der Waals surface area contributed by atoms with Crippen molar-refractivity contribution in [2.24, 2.45) is 5.92 Å². The highest BCUT2D eigenvalue weighted by molar-refractivity contribution is 6.00. The van der Waals surface area contributed by atoms with Crippen LogP contribution in [0.2, 0.25) is 0 Å². The molecule has 2 rings (SSSR count). The van der Waals surface area contributed by atoms with E-state index in [2.05, 4.69) is 24.6 Å². The van der Waals surface area contributed by atoms with Gasteiger partial charge in [0.2, 0.25) is 0 Å². The minimum absolute atomic E-state index is 0.201. The second-order valence-electron chi connectivity index (χ2n) is 5.10. The van der Waals surface area contributed by atoms with Crippen LogP contribution in [0.5, 0.6) is 0 Å². The van der Waals surface area contributed by atoms with Crippen LogP contribution in [0.15, 0.2) is 36.9 Å². The molecule has 0 aromatic heterocycles. The average molecular weight is 243 g/mol. The van der Waals surface area contributed by atoms with Crippen molar-refractivity contribution in [3.8, 4) is 0 Å². The van der Waals surface area contributed by atoms with E-state index in [4.69, 9.17) is 0 Å². The summed E-state index contributed by atoms with van der Waals surface area (Å²) in [6.45, 7) is 5.58. The number of hydrogen-bond donors (Lipinski definition) is 0. The lowest BCUT2D eigenvalue weighted by atomic mass is 9.81. The average Bonchev–Trinajstić information content (AvgIpc) is 2.39. The number of carbonyl (C=O) groups is 1. The SMILES string of the molecule is C=CCN(C)CCC1CCc2ccccc2C1=O. The maximum atomic E-state index is 12.3. The van der Waals surface area contributed by atoms with Crippen LogP contribution in [0.25, 0.3) is 0 Å². The molecule has 1 aromatic rings. The molecule has 0 heterocycles. The first kappa shape index (κ1) is 13.0. The van der Waals surface area contributed by atoms with Crippen molar-refractivity contribution in [3.05, 3.63) is 48.0 Å². The number of hydrogen-bond acceptors (Lipinski definition) is 2. The quantitative estimate of drug-likeness (QED) is 0.741. The fraction of sp³-hybridized carbons (Fsp3) is 0.438. The van der Waals surface area contributed by atoms with Gasteiger partial charge in [0.25, 0.3) is 0 Å². The zero-order valence-electron chi connectivity index (χ0n) is 11.1. The highest BCUT2D eigenvalue weighted by atomic mass is 16.1. The summed E-state index contributed by atoms with van der Waals surface area (Å²) in [6.07, 6.45) is 4.89. The number of likely N-dealkylation sites (N-methyl/N-ethyl adjacent to an activating group) is 1. The Bertz CT molecular complexity index is 438. The third kappa shape index (κ3) is 2.88. The number of ketones is 1. The molecule has 1 aliphatic carbocycles. The van der Waals surface area contributed by atoms with Crippen LogP contribution in [0.3, 0.4) is 0 Å². The molecule has 0 saturated heterocycles. The lowest BCUT2D eigenvalue weighted by molar-refractivity contribution is 0.0887. The van der Waals surface area contributed by atoms with Gasteiger partial charge in [0.05, 0.1) is 0 Å². The topological polar surface area (TPSA) is 20.3 Å². The molecule has 0 radical (unpaired) electrons. The molecule has 0 fully saturated rings. The highest BCUT2D eigenvalue weighted by Gasteiger charge is 2.26. The summed E-state index contributed by atoms with van der Waals surface area (Å²) in [6, 6.07) is 8.03. The number of Topliss-reactive ketones (excluding diaryl/α,β-unsaturated/α-hetero) is 1. The van der Waals surface area contributed by atoms with Gasteiger partial charge in [0.15, 0.2) is 5.78 Å². The third-order valence-electron chi connectivity index (χ3n) is 3.72. The smallest absolute Gasteiger partial charge is 0.166 e. The second kappa shape index (κ2) is 5.96. The van der Waals surface area contributed by atoms with Crippen molar-refractivity contribution in [3.63, 3.8) is 0 Å². The predicted molar refractivity (Wildman–Crippen MR) is 74.9 cm³/mol. The normalized spacial score (nSPS) is 18.8. The Labute approximate surface area is 109 Å². The van der Waals surface area contributed by atoms with Crippen molar-refractivity contribution < 1.29 is 4.79 Å². The van der Waals surface area contributed by atoms with E-state index in [-0.39, 0.29) is 5.92 Å². The number of fused-ring (bicyclic) bond motifs is 1. The molecule has 0 N–H and O–H groups in total. The summed E-state index contributed by atoms with van der Waals surface area (Å²) in [4.78, 5) is 14.6. The van der Waals surface area contributed by atoms with Gasteiger partial charge in [-0.3, -0.25) is 4.79 Å². The molecule has 18 heavy (non-hydrogen) atoms. The molecule has 2 heteroatoms. The van der Waals surface area contributed by atoms with Crippen molar-refractivity contribution >= 4 is 5.78 Å². The largest absolute Gasteiger partial charge is 0.303 e. The van der Waals surface area contributed by atoms with Gasteiger partial charge in [-0.05, 0) is 38.4 Å². The Morgan fingerprint density at radius 3 is 3.00 bits per heavy atom. The molecule has 1 aliphatic rings. The molecule has 1 aromatic carbocycles. The second-order valence-corrected chi connectivity index (χ2v) is 5.10. The number of rotatable bonds is 5. The van der Waals surface area contributed by atoms with E-state index in [1.807, 2.05) is 24.3 Å². The van der Waals surface area contributed by atoms with Gasteiger partial charge < -0.3 is 4.90 Å². The maximum Gasteiger partial charge on any atom is 0.166 e. The molecule has 0 saturated carbocycles. The summed E-state index contributed by atoms with van der Waals surface area (Å²) in [5, 5.41) is 0. The number of carbonyl (C=O) groups excluding carboxylic acids is 1. The van der Waals surface area contributed by atoms with Gasteiger partial charge in [0, 0.05) is 18.0 Å². The number of nitrogens with zero attached hydrogens (tertiary/aromatic N) is 1. The molecule has 1 unspecified atom stereocenters. The van der Waals surface area contributed by atoms with E-state index >= 15 is 0 Å². The Morgan fingerprint density at radius 1 is 1.44 bits per heavy atom. The third-order valence-corrected chi connectivity index (χ3v) is 3.72. The Balaban J connectivity index is 1.97. The van der Waals surface area contributed by atoms with Gasteiger partial charge in [-0.2, -0.15) is 0 Å². The lowest BCUT2D eigenvalue weighted by Crippen LogP contribution is -2.28. The van der Waals surface area contributed by atoms with E-state index in [0.717, 1.165) is 37.9 Å². The van der Waals surface area contributed by atoms with Crippen molar-refractivity contribution in [2.45, 2.75) is 19.3 Å². The molecular formula is C16H21NO. The zero-order chi connectivity index (χ0) is 13.0. The zero-order valence-corrected chi connectivity index (χ0v) is 11.1. The summed E-state index contributed by atoms with van der Waals surface area (Å²) in [5.41, 5.74) is 2.17. The minimum atomic E-state index is 0.201. The summed E-state index contributed by atoms with van der Waals surface area (Å²) in [7, 11) is 2.07. The molecule has 0 bridgehead atoms. The van der Waals surface area contributed by atoms with Gasteiger partial charge in [-0.1, -0.05) is 30.3 Å². The Kier molecular flexibility index (Phi) is 4.32. The van der Waals surface area contributed by atoms with Crippen molar-refractivity contribution in [2.75, 3.05) is 20.1 Å².